The fraction of sp³-hybridized carbons (Fsp3) is 0.600. The zero-order valence-corrected chi connectivity index (χ0v) is 32.9. The first-order valence-electron chi connectivity index (χ1n) is 18.6. The number of phenols is 3. The third kappa shape index (κ3) is 10.3. The number of unbranched alkanes of at least 4 members (excludes halogenated alkanes) is 6. The van der Waals surface area contributed by atoms with Crippen LogP contribution in [-0.4, -0.2) is 15.3 Å². The Balaban J connectivity index is 2.13. The number of rotatable bonds is 12. The van der Waals surface area contributed by atoms with Gasteiger partial charge in [0.2, 0.25) is 0 Å². The van der Waals surface area contributed by atoms with Gasteiger partial charge in [0.15, 0.2) is 0 Å². The van der Waals surface area contributed by atoms with Crippen molar-refractivity contribution in [2.24, 2.45) is 0 Å². The van der Waals surface area contributed by atoms with E-state index in [1.54, 1.807) is 0 Å². The summed E-state index contributed by atoms with van der Waals surface area (Å²) in [6, 6.07) is 13.0. The summed E-state index contributed by atoms with van der Waals surface area (Å²) >= 11 is 0. The molecule has 48 heavy (non-hydrogen) atoms. The van der Waals surface area contributed by atoms with E-state index < -0.39 is 0 Å². The van der Waals surface area contributed by atoms with Crippen molar-refractivity contribution in [3.8, 4) is 17.2 Å². The van der Waals surface area contributed by atoms with Crippen LogP contribution in [0.25, 0.3) is 0 Å². The maximum Gasteiger partial charge on any atom is 0.123 e. The molecule has 3 aromatic carbocycles. The Bertz CT molecular complexity index is 1360. The Labute approximate surface area is 294 Å². The first-order chi connectivity index (χ1) is 22.0. The maximum atomic E-state index is 12.0. The first kappa shape index (κ1) is 39.5. The molecule has 0 heterocycles. The van der Waals surface area contributed by atoms with E-state index in [1.807, 2.05) is 0 Å². The molecule has 0 aliphatic rings. The van der Waals surface area contributed by atoms with E-state index in [1.165, 1.54) is 44.1 Å². The van der Waals surface area contributed by atoms with Gasteiger partial charge in [-0.05, 0) is 84.6 Å². The molecule has 0 atom stereocenters. The van der Waals surface area contributed by atoms with E-state index in [2.05, 4.69) is 126 Å². The third-order valence-corrected chi connectivity index (χ3v) is 9.76. The van der Waals surface area contributed by atoms with E-state index in [9.17, 15) is 15.3 Å². The molecule has 0 unspecified atom stereocenters. The molecule has 0 amide bonds. The monoisotopic (exact) mass is 657 g/mol. The molecule has 0 spiro atoms. The van der Waals surface area contributed by atoms with Crippen LogP contribution in [0.3, 0.4) is 0 Å². The number of hydrogen-bond donors (Lipinski definition) is 3. The predicted octanol–water partition coefficient (Wildman–Crippen LogP) is 12.5. The molecular weight excluding hydrogens is 588 g/mol. The molecule has 0 saturated carbocycles. The summed E-state index contributed by atoms with van der Waals surface area (Å²) in [6.07, 6.45) is 11.0. The normalized spacial score (nSPS) is 12.9. The highest BCUT2D eigenvalue weighted by atomic mass is 16.3. The number of benzene rings is 3. The fourth-order valence-corrected chi connectivity index (χ4v) is 6.85. The minimum absolute atomic E-state index is 0.222. The highest BCUT2D eigenvalue weighted by molar-refractivity contribution is 5.55. The quantitative estimate of drug-likeness (QED) is 0.170. The lowest BCUT2D eigenvalue weighted by Gasteiger charge is -2.28. The number of hydrogen-bond acceptors (Lipinski definition) is 3. The Morgan fingerprint density at radius 3 is 1.02 bits per heavy atom. The van der Waals surface area contributed by atoms with Crippen LogP contribution in [0.5, 0.6) is 17.2 Å². The lowest BCUT2D eigenvalue weighted by Crippen LogP contribution is -2.18. The van der Waals surface area contributed by atoms with Crippen LogP contribution in [0.1, 0.15) is 185 Å². The smallest absolute Gasteiger partial charge is 0.123 e. The molecule has 0 bridgehead atoms. The Morgan fingerprint density at radius 1 is 0.396 bits per heavy atom. The van der Waals surface area contributed by atoms with Gasteiger partial charge in [0.25, 0.3) is 0 Å². The standard InChI is InChI=1S/C45H68O3/c1-14-15-16-17-18-19-20-21-30-22-33(24-31-26-35(42(2,3)4)40(47)36(27-31)43(5,6)7)39(46)34(23-30)25-32-28-37(44(8,9)10)41(48)38(29-32)45(11,12)13/h22-23,26-29,46-48H,14-21,24-25H2,1-13H3. The second-order valence-corrected chi connectivity index (χ2v) is 18.6. The summed E-state index contributed by atoms with van der Waals surface area (Å²) in [6.45, 7) is 28.0. The van der Waals surface area contributed by atoms with Crippen LogP contribution >= 0.6 is 0 Å². The van der Waals surface area contributed by atoms with Crippen molar-refractivity contribution in [3.63, 3.8) is 0 Å². The Morgan fingerprint density at radius 2 is 0.708 bits per heavy atom. The molecule has 0 aromatic heterocycles. The maximum absolute atomic E-state index is 12.0. The van der Waals surface area contributed by atoms with Gasteiger partial charge in [-0.25, -0.2) is 0 Å². The zero-order chi connectivity index (χ0) is 36.2. The van der Waals surface area contributed by atoms with E-state index in [4.69, 9.17) is 0 Å². The van der Waals surface area contributed by atoms with Crippen LogP contribution in [0.2, 0.25) is 0 Å². The summed E-state index contributed by atoms with van der Waals surface area (Å²) in [5, 5.41) is 34.7. The molecule has 3 nitrogen and oxygen atoms in total. The molecule has 3 N–H and O–H groups in total. The second-order valence-electron chi connectivity index (χ2n) is 18.6. The zero-order valence-electron chi connectivity index (χ0n) is 32.9. The van der Waals surface area contributed by atoms with E-state index in [-0.39, 0.29) is 21.7 Å². The predicted molar refractivity (Wildman–Crippen MR) is 206 cm³/mol. The van der Waals surface area contributed by atoms with Crippen molar-refractivity contribution in [1.29, 1.82) is 0 Å². The second kappa shape index (κ2) is 15.3. The largest absolute Gasteiger partial charge is 0.507 e. The minimum atomic E-state index is -0.222. The summed E-state index contributed by atoms with van der Waals surface area (Å²) in [5.41, 5.74) is 8.22. The molecule has 3 aromatic rings. The number of phenolic OH excluding ortho intramolecular Hbond substituents is 3. The van der Waals surface area contributed by atoms with Gasteiger partial charge in [0.1, 0.15) is 17.2 Å². The molecule has 0 fully saturated rings. The first-order valence-corrected chi connectivity index (χ1v) is 18.6. The Kier molecular flexibility index (Phi) is 12.6. The van der Waals surface area contributed by atoms with Crippen LogP contribution in [0.4, 0.5) is 0 Å². The lowest BCUT2D eigenvalue weighted by atomic mass is 9.77. The summed E-state index contributed by atoms with van der Waals surface area (Å²) in [5.74, 6) is 1.12. The van der Waals surface area contributed by atoms with Crippen molar-refractivity contribution in [3.05, 3.63) is 86.5 Å². The average Bonchev–Trinajstić information content (AvgIpc) is 2.94. The van der Waals surface area contributed by atoms with Crippen LogP contribution in [0.15, 0.2) is 36.4 Å². The van der Waals surface area contributed by atoms with Gasteiger partial charge in [0.05, 0.1) is 0 Å². The molecule has 3 heteroatoms. The fourth-order valence-electron chi connectivity index (χ4n) is 6.85. The van der Waals surface area contributed by atoms with Gasteiger partial charge >= 0.3 is 0 Å². The molecule has 266 valence electrons. The van der Waals surface area contributed by atoms with Crippen molar-refractivity contribution >= 4 is 0 Å². The van der Waals surface area contributed by atoms with Crippen molar-refractivity contribution in [2.75, 3.05) is 0 Å². The molecule has 0 radical (unpaired) electrons. The van der Waals surface area contributed by atoms with E-state index >= 15 is 0 Å². The highest BCUT2D eigenvalue weighted by Gasteiger charge is 2.28. The van der Waals surface area contributed by atoms with Gasteiger partial charge in [-0.2, -0.15) is 0 Å². The topological polar surface area (TPSA) is 60.7 Å². The molecular formula is C45H68O3. The van der Waals surface area contributed by atoms with Gasteiger partial charge in [-0.15, -0.1) is 0 Å². The van der Waals surface area contributed by atoms with E-state index in [0.717, 1.165) is 57.3 Å². The van der Waals surface area contributed by atoms with Crippen LogP contribution in [0, 0.1) is 0 Å². The van der Waals surface area contributed by atoms with E-state index in [0.29, 0.717) is 30.1 Å². The van der Waals surface area contributed by atoms with Crippen molar-refractivity contribution < 1.29 is 15.3 Å². The van der Waals surface area contributed by atoms with Gasteiger partial charge < -0.3 is 15.3 Å². The molecule has 0 aliphatic carbocycles. The summed E-state index contributed by atoms with van der Waals surface area (Å²) in [4.78, 5) is 0. The third-order valence-electron chi connectivity index (χ3n) is 9.76. The minimum Gasteiger partial charge on any atom is -0.507 e. The highest BCUT2D eigenvalue weighted by Crippen LogP contribution is 2.43. The van der Waals surface area contributed by atoms with Crippen LogP contribution < -0.4 is 0 Å². The molecule has 3 rings (SSSR count). The molecule has 0 saturated heterocycles. The lowest BCUT2D eigenvalue weighted by molar-refractivity contribution is 0.422. The van der Waals surface area contributed by atoms with Crippen molar-refractivity contribution in [1.82, 2.24) is 0 Å². The van der Waals surface area contributed by atoms with Crippen molar-refractivity contribution in [2.45, 2.75) is 176 Å². The number of aromatic hydroxyl groups is 3. The number of aryl methyl sites for hydroxylation is 1. The SMILES string of the molecule is CCCCCCCCCc1cc(Cc2cc(C(C)(C)C)c(O)c(C(C)(C)C)c2)c(O)c(Cc2cc(C(C)(C)C)c(O)c(C(C)(C)C)c2)c1. The van der Waals surface area contributed by atoms with Gasteiger partial charge in [-0.1, -0.05) is 165 Å². The van der Waals surface area contributed by atoms with Gasteiger partial charge in [-0.3, -0.25) is 0 Å². The van der Waals surface area contributed by atoms with Gasteiger partial charge in [0, 0.05) is 12.8 Å². The van der Waals surface area contributed by atoms with Crippen LogP contribution in [-0.2, 0) is 40.9 Å². The Hall–Kier alpha value is -2.94. The molecule has 0 aliphatic heterocycles. The summed E-state index contributed by atoms with van der Waals surface area (Å²) < 4.78 is 0. The summed E-state index contributed by atoms with van der Waals surface area (Å²) in [7, 11) is 0. The average molecular weight is 657 g/mol.